The van der Waals surface area contributed by atoms with Gasteiger partial charge in [-0.3, -0.25) is 4.79 Å². The molecule has 0 aliphatic carbocycles. The molecule has 1 fully saturated rings. The van der Waals surface area contributed by atoms with Crippen LogP contribution in [0.3, 0.4) is 0 Å². The lowest BCUT2D eigenvalue weighted by Gasteiger charge is -2.17. The second-order valence-corrected chi connectivity index (χ2v) is 6.03. The van der Waals surface area contributed by atoms with E-state index in [1.165, 1.54) is 0 Å². The SMILES string of the molecule is CC[C@H](CO)NCc1ccc(OCC(=O)N2CCCC2)c(OC)c1. The van der Waals surface area contributed by atoms with Crippen molar-refractivity contribution < 1.29 is 19.4 Å². The maximum atomic E-state index is 12.1. The molecule has 1 aromatic rings. The van der Waals surface area contributed by atoms with E-state index in [4.69, 9.17) is 9.47 Å². The number of benzene rings is 1. The molecule has 1 heterocycles. The molecule has 24 heavy (non-hydrogen) atoms. The Morgan fingerprint density at radius 2 is 2.08 bits per heavy atom. The van der Waals surface area contributed by atoms with Crippen molar-refractivity contribution in [2.75, 3.05) is 33.4 Å². The van der Waals surface area contributed by atoms with Crippen LogP contribution >= 0.6 is 0 Å². The van der Waals surface area contributed by atoms with E-state index < -0.39 is 0 Å². The second-order valence-electron chi connectivity index (χ2n) is 6.03. The van der Waals surface area contributed by atoms with Crippen LogP contribution in [0.5, 0.6) is 11.5 Å². The zero-order valence-electron chi connectivity index (χ0n) is 14.6. The van der Waals surface area contributed by atoms with Crippen LogP contribution in [-0.4, -0.2) is 55.4 Å². The van der Waals surface area contributed by atoms with E-state index in [1.807, 2.05) is 30.0 Å². The smallest absolute Gasteiger partial charge is 0.260 e. The Labute approximate surface area is 143 Å². The lowest BCUT2D eigenvalue weighted by molar-refractivity contribution is -0.132. The van der Waals surface area contributed by atoms with E-state index in [0.717, 1.165) is 37.9 Å². The molecule has 0 unspecified atom stereocenters. The van der Waals surface area contributed by atoms with Crippen LogP contribution in [0.2, 0.25) is 0 Å². The quantitative estimate of drug-likeness (QED) is 0.716. The van der Waals surface area contributed by atoms with Gasteiger partial charge in [0.15, 0.2) is 18.1 Å². The van der Waals surface area contributed by atoms with Gasteiger partial charge >= 0.3 is 0 Å². The molecule has 6 nitrogen and oxygen atoms in total. The highest BCUT2D eigenvalue weighted by Gasteiger charge is 2.18. The number of ether oxygens (including phenoxy) is 2. The summed E-state index contributed by atoms with van der Waals surface area (Å²) in [5, 5.41) is 12.5. The van der Waals surface area contributed by atoms with Gasteiger partial charge in [-0.05, 0) is 37.0 Å². The number of nitrogens with one attached hydrogen (secondary N) is 1. The molecule has 2 rings (SSSR count). The van der Waals surface area contributed by atoms with Crippen LogP contribution in [0.15, 0.2) is 18.2 Å². The van der Waals surface area contributed by atoms with Gasteiger partial charge in [-0.25, -0.2) is 0 Å². The normalized spacial score (nSPS) is 15.4. The van der Waals surface area contributed by atoms with Crippen molar-refractivity contribution in [3.63, 3.8) is 0 Å². The van der Waals surface area contributed by atoms with E-state index in [-0.39, 0.29) is 25.2 Å². The number of amides is 1. The number of aliphatic hydroxyl groups excluding tert-OH is 1. The number of methoxy groups -OCH3 is 1. The van der Waals surface area contributed by atoms with Gasteiger partial charge in [-0.2, -0.15) is 0 Å². The molecule has 134 valence electrons. The first-order valence-corrected chi connectivity index (χ1v) is 8.59. The Hall–Kier alpha value is -1.79. The molecule has 6 heteroatoms. The topological polar surface area (TPSA) is 71.0 Å². The first kappa shape index (κ1) is 18.5. The standard InChI is InChI=1S/C18H28N2O4/c1-3-15(12-21)19-11-14-6-7-16(17(10-14)23-2)24-13-18(22)20-8-4-5-9-20/h6-7,10,15,19,21H,3-5,8-9,11-13H2,1-2H3/t15-/m1/s1. The lowest BCUT2D eigenvalue weighted by Crippen LogP contribution is -2.32. The minimum atomic E-state index is 0.0222. The van der Waals surface area contributed by atoms with Gasteiger partial charge in [0.25, 0.3) is 5.91 Å². The van der Waals surface area contributed by atoms with Crippen molar-refractivity contribution in [3.8, 4) is 11.5 Å². The first-order chi connectivity index (χ1) is 11.7. The number of hydrogen-bond acceptors (Lipinski definition) is 5. The molecular formula is C18H28N2O4. The van der Waals surface area contributed by atoms with Crippen molar-refractivity contribution in [3.05, 3.63) is 23.8 Å². The van der Waals surface area contributed by atoms with Crippen molar-refractivity contribution in [1.29, 1.82) is 0 Å². The molecule has 1 atom stereocenters. The van der Waals surface area contributed by atoms with Gasteiger partial charge in [0.2, 0.25) is 0 Å². The highest BCUT2D eigenvalue weighted by Crippen LogP contribution is 2.28. The number of carbonyl (C=O) groups is 1. The van der Waals surface area contributed by atoms with Crippen LogP contribution in [0.1, 0.15) is 31.7 Å². The van der Waals surface area contributed by atoms with Gasteiger partial charge in [0.1, 0.15) is 0 Å². The zero-order chi connectivity index (χ0) is 17.4. The van der Waals surface area contributed by atoms with Crippen LogP contribution in [0, 0.1) is 0 Å². The lowest BCUT2D eigenvalue weighted by atomic mass is 10.1. The van der Waals surface area contributed by atoms with Crippen molar-refractivity contribution in [1.82, 2.24) is 10.2 Å². The molecule has 0 aromatic heterocycles. The predicted molar refractivity (Wildman–Crippen MR) is 92.3 cm³/mol. The summed E-state index contributed by atoms with van der Waals surface area (Å²) in [5.74, 6) is 1.21. The Balaban J connectivity index is 1.91. The third-order valence-electron chi connectivity index (χ3n) is 4.35. The summed E-state index contributed by atoms with van der Waals surface area (Å²) in [4.78, 5) is 13.9. The van der Waals surface area contributed by atoms with Gasteiger partial charge in [0.05, 0.1) is 13.7 Å². The van der Waals surface area contributed by atoms with Gasteiger partial charge in [-0.15, -0.1) is 0 Å². The van der Waals surface area contributed by atoms with Gasteiger partial charge in [0, 0.05) is 25.7 Å². The maximum absolute atomic E-state index is 12.1. The molecule has 1 aliphatic rings. The maximum Gasteiger partial charge on any atom is 0.260 e. The van der Waals surface area contributed by atoms with Crippen molar-refractivity contribution in [2.45, 2.75) is 38.8 Å². The van der Waals surface area contributed by atoms with E-state index in [0.29, 0.717) is 18.0 Å². The molecule has 0 radical (unpaired) electrons. The summed E-state index contributed by atoms with van der Waals surface area (Å²) in [5.41, 5.74) is 1.04. The van der Waals surface area contributed by atoms with E-state index in [9.17, 15) is 9.90 Å². The minimum absolute atomic E-state index is 0.0222. The molecule has 0 bridgehead atoms. The molecule has 0 spiro atoms. The molecule has 2 N–H and O–H groups in total. The fourth-order valence-electron chi connectivity index (χ4n) is 2.74. The Morgan fingerprint density at radius 3 is 2.71 bits per heavy atom. The number of carbonyl (C=O) groups excluding carboxylic acids is 1. The van der Waals surface area contributed by atoms with Crippen molar-refractivity contribution in [2.24, 2.45) is 0 Å². The molecule has 0 saturated carbocycles. The molecule has 1 saturated heterocycles. The van der Waals surface area contributed by atoms with Crippen LogP contribution in [0.4, 0.5) is 0 Å². The third-order valence-corrected chi connectivity index (χ3v) is 4.35. The number of hydrogen-bond donors (Lipinski definition) is 2. The highest BCUT2D eigenvalue weighted by molar-refractivity contribution is 5.78. The Kier molecular flexibility index (Phi) is 7.34. The minimum Gasteiger partial charge on any atom is -0.493 e. The number of likely N-dealkylation sites (tertiary alicyclic amines) is 1. The Morgan fingerprint density at radius 1 is 1.33 bits per heavy atom. The summed E-state index contributed by atoms with van der Waals surface area (Å²) < 4.78 is 11.0. The van der Waals surface area contributed by atoms with E-state index >= 15 is 0 Å². The van der Waals surface area contributed by atoms with Gasteiger partial charge < -0.3 is 24.8 Å². The van der Waals surface area contributed by atoms with E-state index in [2.05, 4.69) is 5.32 Å². The summed E-state index contributed by atoms with van der Waals surface area (Å²) in [6.45, 7) is 4.48. The number of rotatable bonds is 9. The van der Waals surface area contributed by atoms with E-state index in [1.54, 1.807) is 7.11 Å². The molecule has 1 amide bonds. The van der Waals surface area contributed by atoms with Crippen molar-refractivity contribution >= 4 is 5.91 Å². The largest absolute Gasteiger partial charge is 0.493 e. The average molecular weight is 336 g/mol. The summed E-state index contributed by atoms with van der Waals surface area (Å²) in [6.07, 6.45) is 3.01. The zero-order valence-corrected chi connectivity index (χ0v) is 14.6. The molecule has 1 aromatic carbocycles. The predicted octanol–water partition coefficient (Wildman–Crippen LogP) is 1.56. The van der Waals surface area contributed by atoms with Gasteiger partial charge in [-0.1, -0.05) is 13.0 Å². The number of aliphatic hydroxyl groups is 1. The first-order valence-electron chi connectivity index (χ1n) is 8.59. The third kappa shape index (κ3) is 5.11. The fraction of sp³-hybridized carbons (Fsp3) is 0.611. The Bertz CT molecular complexity index is 526. The molecular weight excluding hydrogens is 308 g/mol. The van der Waals surface area contributed by atoms with Crippen LogP contribution < -0.4 is 14.8 Å². The number of nitrogens with zero attached hydrogens (tertiary/aromatic N) is 1. The summed E-state index contributed by atoms with van der Waals surface area (Å²) in [6, 6.07) is 5.75. The monoisotopic (exact) mass is 336 g/mol. The summed E-state index contributed by atoms with van der Waals surface area (Å²) >= 11 is 0. The second kappa shape index (κ2) is 9.49. The summed E-state index contributed by atoms with van der Waals surface area (Å²) in [7, 11) is 1.59. The highest BCUT2D eigenvalue weighted by atomic mass is 16.5. The van der Waals surface area contributed by atoms with Crippen LogP contribution in [-0.2, 0) is 11.3 Å². The molecule has 1 aliphatic heterocycles. The average Bonchev–Trinajstić information content (AvgIpc) is 3.15. The van der Waals surface area contributed by atoms with Crippen LogP contribution in [0.25, 0.3) is 0 Å². The fourth-order valence-corrected chi connectivity index (χ4v) is 2.74.